The van der Waals surface area contributed by atoms with Gasteiger partial charge in [-0.2, -0.15) is 0 Å². The molecule has 0 bridgehead atoms. The predicted molar refractivity (Wildman–Crippen MR) is 80.5 cm³/mol. The number of hydrogen-bond donors (Lipinski definition) is 3. The van der Waals surface area contributed by atoms with Crippen LogP contribution in [0.5, 0.6) is 0 Å². The lowest BCUT2D eigenvalue weighted by Gasteiger charge is -2.33. The van der Waals surface area contributed by atoms with E-state index < -0.39 is 0 Å². The molecule has 0 saturated carbocycles. The first-order chi connectivity index (χ1) is 8.20. The standard InChI is InChI=1S/C13H27ClN4/c1-6-9(8-11(15)18-12(14)16)17-10(7-2)13(3,4)5/h8-10,17H,6-7,15H2,1-5H3,(H2,16,18)/b11-8-/t9?,10-/m0/s1. The Morgan fingerprint density at radius 3 is 2.17 bits per heavy atom. The van der Waals surface area contributed by atoms with E-state index in [2.05, 4.69) is 44.9 Å². The minimum atomic E-state index is -0.0403. The molecule has 0 aliphatic rings. The Kier molecular flexibility index (Phi) is 7.33. The topological polar surface area (TPSA) is 76.4 Å². The summed E-state index contributed by atoms with van der Waals surface area (Å²) in [7, 11) is 0. The van der Waals surface area contributed by atoms with Crippen molar-refractivity contribution in [3.8, 4) is 0 Å². The van der Waals surface area contributed by atoms with Crippen LogP contribution in [-0.2, 0) is 0 Å². The molecule has 0 aromatic rings. The minimum absolute atomic E-state index is 0.0403. The average Bonchev–Trinajstić information content (AvgIpc) is 2.20. The fourth-order valence-electron chi connectivity index (χ4n) is 1.89. The van der Waals surface area contributed by atoms with E-state index in [0.717, 1.165) is 12.8 Å². The molecular formula is C13H27ClN4. The number of rotatable bonds is 6. The van der Waals surface area contributed by atoms with Crippen LogP contribution in [0, 0.1) is 5.41 Å². The minimum Gasteiger partial charge on any atom is -0.384 e. The molecule has 5 heteroatoms. The van der Waals surface area contributed by atoms with Crippen LogP contribution in [0.1, 0.15) is 47.5 Å². The van der Waals surface area contributed by atoms with Crippen molar-refractivity contribution < 1.29 is 0 Å². The van der Waals surface area contributed by atoms with Gasteiger partial charge in [0, 0.05) is 12.1 Å². The third-order valence-corrected chi connectivity index (χ3v) is 3.00. The summed E-state index contributed by atoms with van der Waals surface area (Å²) in [6.07, 6.45) is 3.86. The molecule has 18 heavy (non-hydrogen) atoms. The van der Waals surface area contributed by atoms with Gasteiger partial charge in [-0.1, -0.05) is 34.6 Å². The number of nitrogens with zero attached hydrogens (tertiary/aromatic N) is 1. The summed E-state index contributed by atoms with van der Waals surface area (Å²) in [5.74, 6) is 0.352. The molecule has 0 rings (SSSR count). The molecule has 0 aromatic carbocycles. The van der Waals surface area contributed by atoms with Crippen LogP contribution in [0.3, 0.4) is 0 Å². The Bertz CT molecular complexity index is 301. The lowest BCUT2D eigenvalue weighted by Crippen LogP contribution is -2.44. The summed E-state index contributed by atoms with van der Waals surface area (Å²) in [6.45, 7) is 11.0. The van der Waals surface area contributed by atoms with Crippen LogP contribution < -0.4 is 16.8 Å². The lowest BCUT2D eigenvalue weighted by molar-refractivity contribution is 0.248. The molecule has 2 atom stereocenters. The van der Waals surface area contributed by atoms with E-state index in [1.54, 1.807) is 0 Å². The molecule has 0 saturated heterocycles. The largest absolute Gasteiger partial charge is 0.384 e. The first-order valence-electron chi connectivity index (χ1n) is 6.43. The van der Waals surface area contributed by atoms with Crippen molar-refractivity contribution in [2.45, 2.75) is 59.5 Å². The fourth-order valence-corrected chi connectivity index (χ4v) is 1.99. The van der Waals surface area contributed by atoms with Gasteiger partial charge in [-0.15, -0.1) is 0 Å². The summed E-state index contributed by atoms with van der Waals surface area (Å²) in [6, 6.07) is 0.595. The lowest BCUT2D eigenvalue weighted by atomic mass is 9.84. The maximum Gasteiger partial charge on any atom is 0.195 e. The van der Waals surface area contributed by atoms with Gasteiger partial charge in [-0.25, -0.2) is 4.99 Å². The van der Waals surface area contributed by atoms with Gasteiger partial charge >= 0.3 is 0 Å². The maximum absolute atomic E-state index is 5.75. The van der Waals surface area contributed by atoms with Gasteiger partial charge in [-0.05, 0) is 35.9 Å². The van der Waals surface area contributed by atoms with Gasteiger partial charge < -0.3 is 16.8 Å². The number of aliphatic imine (C=N–C) groups is 1. The molecule has 5 N–H and O–H groups in total. The monoisotopic (exact) mass is 274 g/mol. The van der Waals surface area contributed by atoms with E-state index >= 15 is 0 Å². The normalized spacial score (nSPS) is 17.7. The predicted octanol–water partition coefficient (Wildman–Crippen LogP) is 2.53. The van der Waals surface area contributed by atoms with Gasteiger partial charge in [0.1, 0.15) is 5.82 Å². The number of halogens is 1. The van der Waals surface area contributed by atoms with Crippen molar-refractivity contribution in [1.82, 2.24) is 5.32 Å². The number of nitrogens with two attached hydrogens (primary N) is 2. The summed E-state index contributed by atoms with van der Waals surface area (Å²) < 4.78 is 0. The van der Waals surface area contributed by atoms with Gasteiger partial charge in [0.25, 0.3) is 0 Å². The molecule has 1 unspecified atom stereocenters. The van der Waals surface area contributed by atoms with Gasteiger partial charge in [0.05, 0.1) is 0 Å². The molecule has 0 heterocycles. The van der Waals surface area contributed by atoms with Gasteiger partial charge in [0.2, 0.25) is 0 Å². The molecule has 106 valence electrons. The first kappa shape index (κ1) is 17.3. The van der Waals surface area contributed by atoms with Crippen molar-refractivity contribution in [2.75, 3.05) is 0 Å². The number of nitrogens with one attached hydrogen (secondary N) is 1. The molecule has 0 amide bonds. The van der Waals surface area contributed by atoms with Crippen LogP contribution in [0.25, 0.3) is 0 Å². The summed E-state index contributed by atoms with van der Waals surface area (Å²) >= 11 is 5.49. The molecule has 4 nitrogen and oxygen atoms in total. The molecule has 0 aliphatic carbocycles. The van der Waals surface area contributed by atoms with Gasteiger partial charge in [0.15, 0.2) is 5.29 Å². The van der Waals surface area contributed by atoms with E-state index in [1.165, 1.54) is 0 Å². The second-order valence-electron chi connectivity index (χ2n) is 5.53. The number of amidine groups is 1. The molecule has 0 spiro atoms. The Hall–Kier alpha value is -0.740. The zero-order valence-electron chi connectivity index (χ0n) is 12.1. The molecule has 0 aromatic heterocycles. The molecular weight excluding hydrogens is 248 g/mol. The van der Waals surface area contributed by atoms with Crippen LogP contribution in [0.15, 0.2) is 16.9 Å². The Balaban J connectivity index is 4.75. The summed E-state index contributed by atoms with van der Waals surface area (Å²) in [5, 5.41) is 3.55. The highest BCUT2D eigenvalue weighted by Crippen LogP contribution is 2.22. The van der Waals surface area contributed by atoms with E-state index in [1.807, 2.05) is 6.08 Å². The van der Waals surface area contributed by atoms with E-state index in [9.17, 15) is 0 Å². The van der Waals surface area contributed by atoms with Crippen LogP contribution in [0.2, 0.25) is 0 Å². The molecule has 0 radical (unpaired) electrons. The Morgan fingerprint density at radius 2 is 1.83 bits per heavy atom. The van der Waals surface area contributed by atoms with Crippen molar-refractivity contribution in [1.29, 1.82) is 0 Å². The quantitative estimate of drug-likeness (QED) is 0.396. The third-order valence-electron chi connectivity index (χ3n) is 2.92. The third kappa shape index (κ3) is 6.87. The van der Waals surface area contributed by atoms with Crippen LogP contribution in [-0.4, -0.2) is 17.4 Å². The fraction of sp³-hybridized carbons (Fsp3) is 0.769. The second kappa shape index (κ2) is 7.64. The van der Waals surface area contributed by atoms with Gasteiger partial charge in [-0.3, -0.25) is 0 Å². The second-order valence-corrected chi connectivity index (χ2v) is 5.92. The smallest absolute Gasteiger partial charge is 0.195 e. The summed E-state index contributed by atoms with van der Waals surface area (Å²) in [4.78, 5) is 3.82. The highest BCUT2D eigenvalue weighted by atomic mass is 35.5. The number of hydrogen-bond acceptors (Lipinski definition) is 3. The van der Waals surface area contributed by atoms with E-state index in [4.69, 9.17) is 23.1 Å². The molecule has 0 fully saturated rings. The summed E-state index contributed by atoms with van der Waals surface area (Å²) in [5.41, 5.74) is 11.2. The highest BCUT2D eigenvalue weighted by molar-refractivity contribution is 6.64. The average molecular weight is 275 g/mol. The van der Waals surface area contributed by atoms with Crippen molar-refractivity contribution in [3.63, 3.8) is 0 Å². The van der Waals surface area contributed by atoms with Crippen LogP contribution >= 0.6 is 11.6 Å². The zero-order chi connectivity index (χ0) is 14.3. The van der Waals surface area contributed by atoms with E-state index in [0.29, 0.717) is 11.9 Å². The highest BCUT2D eigenvalue weighted by Gasteiger charge is 2.24. The Labute approximate surface area is 116 Å². The molecule has 0 aliphatic heterocycles. The maximum atomic E-state index is 5.75. The first-order valence-corrected chi connectivity index (χ1v) is 6.81. The van der Waals surface area contributed by atoms with Crippen molar-refractivity contribution >= 4 is 16.9 Å². The Morgan fingerprint density at radius 1 is 1.28 bits per heavy atom. The SMILES string of the molecule is CCC(/C=C(N)\N=C(/N)Cl)N[C@@H](CC)C(C)(C)C. The van der Waals surface area contributed by atoms with E-state index in [-0.39, 0.29) is 16.8 Å². The van der Waals surface area contributed by atoms with Crippen LogP contribution in [0.4, 0.5) is 0 Å². The van der Waals surface area contributed by atoms with Crippen molar-refractivity contribution in [2.24, 2.45) is 21.9 Å². The van der Waals surface area contributed by atoms with Crippen molar-refractivity contribution in [3.05, 3.63) is 11.9 Å². The zero-order valence-corrected chi connectivity index (χ0v) is 12.9.